The van der Waals surface area contributed by atoms with Gasteiger partial charge in [-0.3, -0.25) is 0 Å². The van der Waals surface area contributed by atoms with E-state index in [1.54, 1.807) is 0 Å². The van der Waals surface area contributed by atoms with Crippen molar-refractivity contribution in [2.75, 3.05) is 14.7 Å². The van der Waals surface area contributed by atoms with Crippen LogP contribution in [0, 0.1) is 0 Å². The van der Waals surface area contributed by atoms with Crippen molar-refractivity contribution in [1.82, 2.24) is 0 Å². The predicted molar refractivity (Wildman–Crippen MR) is 460 cm³/mol. The van der Waals surface area contributed by atoms with Crippen LogP contribution in [-0.2, 0) is 0 Å². The zero-order chi connectivity index (χ0) is 71.2. The molecule has 0 spiro atoms. The van der Waals surface area contributed by atoms with Crippen LogP contribution in [0.15, 0.2) is 413 Å². The van der Waals surface area contributed by atoms with E-state index >= 15 is 0 Å². The van der Waals surface area contributed by atoms with E-state index in [9.17, 15) is 0 Å². The van der Waals surface area contributed by atoms with E-state index in [0.29, 0.717) is 0 Å². The Balaban J connectivity index is 0.923. The molecule has 2 aliphatic rings. The molecule has 502 valence electrons. The Kier molecular flexibility index (Phi) is 15.0. The predicted octanol–water partition coefficient (Wildman–Crippen LogP) is 26.6. The summed E-state index contributed by atoms with van der Waals surface area (Å²) in [4.78, 5) is 7.86. The van der Waals surface area contributed by atoms with Crippen molar-refractivity contribution in [2.45, 2.75) is 0 Å². The normalized spacial score (nSPS) is 12.2. The van der Waals surface area contributed by atoms with Gasteiger partial charge in [-0.1, -0.05) is 364 Å². The molecule has 0 radical (unpaired) electrons. The molecule has 2 heterocycles. The number of hydrogen-bond acceptors (Lipinski definition) is 3. The number of nitrogens with zero attached hydrogens (tertiary/aromatic N) is 3. The van der Waals surface area contributed by atoms with Gasteiger partial charge in [0.2, 0.25) is 0 Å². The summed E-state index contributed by atoms with van der Waals surface area (Å²) in [5, 5.41) is 10.2. The Labute approximate surface area is 629 Å². The van der Waals surface area contributed by atoms with Gasteiger partial charge in [-0.15, -0.1) is 0 Å². The van der Waals surface area contributed by atoms with Gasteiger partial charge >= 0.3 is 0 Å². The minimum Gasteiger partial charge on any atom is -0.310 e. The summed E-state index contributed by atoms with van der Waals surface area (Å²) in [6, 6.07) is 154. The molecule has 0 saturated heterocycles. The first-order valence-electron chi connectivity index (χ1n) is 37.4. The Morgan fingerprint density at radius 2 is 0.556 bits per heavy atom. The fourth-order valence-corrected chi connectivity index (χ4v) is 17.8. The van der Waals surface area contributed by atoms with E-state index < -0.39 is 0 Å². The van der Waals surface area contributed by atoms with Crippen LogP contribution >= 0.6 is 0 Å². The number of anilines is 9. The SMILES string of the molecule is c1ccc(-c2ccc(N(c3ccc(-c4ccccc4)cc3)c3cc4c5c(c3)N(c3c(-c6ccccc6)cccc3-c3ccccc3)c3cc(-c6ccc7c8cccc9cccc(c%10cccc6c%107)c98)ccc3B5c3cc(-c5ccccc5)ccc3N4c3c(-c4ccccc4)cccc3-c3ccccc3)cc2)cc1. The molecule has 0 amide bonds. The van der Waals surface area contributed by atoms with E-state index in [4.69, 9.17) is 0 Å². The summed E-state index contributed by atoms with van der Waals surface area (Å²) in [5.74, 6) is 0. The highest BCUT2D eigenvalue weighted by Gasteiger charge is 2.46. The number of para-hydroxylation sites is 2. The highest BCUT2D eigenvalue weighted by molar-refractivity contribution is 7.00. The molecule has 0 bridgehead atoms. The van der Waals surface area contributed by atoms with Crippen LogP contribution in [-0.4, -0.2) is 6.71 Å². The van der Waals surface area contributed by atoms with Crippen LogP contribution in [0.1, 0.15) is 0 Å². The van der Waals surface area contributed by atoms with Crippen molar-refractivity contribution >= 4 is 117 Å². The van der Waals surface area contributed by atoms with Crippen molar-refractivity contribution < 1.29 is 0 Å². The molecule has 0 saturated carbocycles. The van der Waals surface area contributed by atoms with Gasteiger partial charge < -0.3 is 14.7 Å². The maximum absolute atomic E-state index is 2.70. The highest BCUT2D eigenvalue weighted by Crippen LogP contribution is 2.56. The molecule has 2 aliphatic heterocycles. The third kappa shape index (κ3) is 10.4. The molecule has 21 rings (SSSR count). The van der Waals surface area contributed by atoms with Crippen LogP contribution in [0.5, 0.6) is 0 Å². The molecule has 3 nitrogen and oxygen atoms in total. The lowest BCUT2D eigenvalue weighted by Crippen LogP contribution is -2.61. The Hall–Kier alpha value is -14.1. The summed E-state index contributed by atoms with van der Waals surface area (Å²) in [6.45, 7) is -0.288. The molecule has 19 aromatic rings. The van der Waals surface area contributed by atoms with Gasteiger partial charge in [0.15, 0.2) is 0 Å². The Bertz CT molecular complexity index is 6380. The maximum Gasteiger partial charge on any atom is 0.252 e. The second kappa shape index (κ2) is 26.0. The third-order valence-corrected chi connectivity index (χ3v) is 22.6. The van der Waals surface area contributed by atoms with Gasteiger partial charge in [-0.05, 0) is 175 Å². The molecular weight excluding hydrogens is 1300 g/mol. The summed E-state index contributed by atoms with van der Waals surface area (Å²) in [7, 11) is 0. The second-order valence-corrected chi connectivity index (χ2v) is 28.5. The van der Waals surface area contributed by atoms with Crippen molar-refractivity contribution in [1.29, 1.82) is 0 Å². The molecule has 0 N–H and O–H groups in total. The number of fused-ring (bicyclic) bond motifs is 6. The first-order chi connectivity index (χ1) is 53.6. The summed E-state index contributed by atoms with van der Waals surface area (Å²) < 4.78 is 0. The molecule has 0 aliphatic carbocycles. The van der Waals surface area contributed by atoms with E-state index in [1.165, 1.54) is 76.2 Å². The minimum atomic E-state index is -0.288. The van der Waals surface area contributed by atoms with E-state index in [0.717, 1.165) is 124 Å². The smallest absolute Gasteiger partial charge is 0.252 e. The lowest BCUT2D eigenvalue weighted by molar-refractivity contribution is 1.23. The molecule has 108 heavy (non-hydrogen) atoms. The molecule has 4 heteroatoms. The van der Waals surface area contributed by atoms with Crippen LogP contribution in [0.25, 0.3) is 132 Å². The Morgan fingerprint density at radius 3 is 1.02 bits per heavy atom. The zero-order valence-corrected chi connectivity index (χ0v) is 59.2. The van der Waals surface area contributed by atoms with E-state index in [-0.39, 0.29) is 6.71 Å². The fraction of sp³-hybridized carbons (Fsp3) is 0. The summed E-state index contributed by atoms with van der Waals surface area (Å²) in [5.41, 5.74) is 31.5. The van der Waals surface area contributed by atoms with Gasteiger partial charge in [-0.25, -0.2) is 0 Å². The minimum absolute atomic E-state index is 0.288. The largest absolute Gasteiger partial charge is 0.310 e. The fourth-order valence-electron chi connectivity index (χ4n) is 17.8. The topological polar surface area (TPSA) is 9.72 Å². The molecule has 0 fully saturated rings. The Morgan fingerprint density at radius 1 is 0.194 bits per heavy atom. The van der Waals surface area contributed by atoms with E-state index in [2.05, 4.69) is 427 Å². The van der Waals surface area contributed by atoms with Crippen molar-refractivity contribution in [3.63, 3.8) is 0 Å². The van der Waals surface area contributed by atoms with Gasteiger partial charge in [0.25, 0.3) is 6.71 Å². The number of benzene rings is 19. The van der Waals surface area contributed by atoms with Crippen molar-refractivity contribution in [2.24, 2.45) is 0 Å². The average Bonchev–Trinajstić information content (AvgIpc) is 0.692. The molecule has 0 aromatic heterocycles. The third-order valence-electron chi connectivity index (χ3n) is 22.6. The number of hydrogen-bond donors (Lipinski definition) is 0. The van der Waals surface area contributed by atoms with Gasteiger partial charge in [-0.2, -0.15) is 0 Å². The van der Waals surface area contributed by atoms with Gasteiger partial charge in [0.1, 0.15) is 0 Å². The molecule has 0 unspecified atom stereocenters. The molecular formula is C104H68BN3. The van der Waals surface area contributed by atoms with Gasteiger partial charge in [0, 0.05) is 56.4 Å². The van der Waals surface area contributed by atoms with Crippen molar-refractivity contribution in [3.05, 3.63) is 413 Å². The quantitative estimate of drug-likeness (QED) is 0.0647. The van der Waals surface area contributed by atoms with Crippen LogP contribution in [0.3, 0.4) is 0 Å². The van der Waals surface area contributed by atoms with Crippen LogP contribution in [0.4, 0.5) is 51.2 Å². The molecule has 19 aromatic carbocycles. The first kappa shape index (κ1) is 62.5. The monoisotopic (exact) mass is 1370 g/mol. The van der Waals surface area contributed by atoms with Crippen LogP contribution < -0.4 is 31.1 Å². The highest BCUT2D eigenvalue weighted by atomic mass is 15.2. The van der Waals surface area contributed by atoms with Gasteiger partial charge in [0.05, 0.1) is 17.1 Å². The van der Waals surface area contributed by atoms with E-state index in [1.807, 2.05) is 0 Å². The second-order valence-electron chi connectivity index (χ2n) is 28.5. The molecule has 0 atom stereocenters. The first-order valence-corrected chi connectivity index (χ1v) is 37.4. The number of rotatable bonds is 13. The summed E-state index contributed by atoms with van der Waals surface area (Å²) in [6.07, 6.45) is 0. The maximum atomic E-state index is 2.70. The lowest BCUT2D eigenvalue weighted by atomic mass is 9.33. The zero-order valence-electron chi connectivity index (χ0n) is 59.2. The van der Waals surface area contributed by atoms with Crippen molar-refractivity contribution in [3.8, 4) is 89.0 Å². The summed E-state index contributed by atoms with van der Waals surface area (Å²) >= 11 is 0. The average molecular weight is 1370 g/mol. The van der Waals surface area contributed by atoms with Crippen LogP contribution in [0.2, 0.25) is 0 Å². The lowest BCUT2D eigenvalue weighted by Gasteiger charge is -2.46. The standard InChI is InChI=1S/C104H68BN3/c1-8-27-69(28-9-1)72-51-57-81(58-52-72)106(82-59-53-73(54-60-82)70-29-10-2-11-30-70)83-67-98-102-99(68-83)108(104-87(76-37-18-6-19-38-76)45-25-46-88(104)77-39-20-7-21-40-77)97-66-80(84-61-62-93-91-48-23-42-78-41-22-47-90(100(78)91)92-50-26-49-89(84)101(92)93)55-63-94(97)105(102)95-65-79(71-31-12-3-13-32-71)56-64-96(95)107(98)103-85(74-33-14-4-15-34-74)43-24-44-86(103)75-35-16-5-17-36-75/h1-68H.